The summed E-state index contributed by atoms with van der Waals surface area (Å²) in [5.74, 6) is -0.0405. The van der Waals surface area contributed by atoms with Crippen LogP contribution in [0.15, 0.2) is 65.6 Å². The Morgan fingerprint density at radius 3 is 2.54 bits per heavy atom. The fraction of sp³-hybridized carbons (Fsp3) is 0.179. The van der Waals surface area contributed by atoms with E-state index in [0.29, 0.717) is 57.5 Å². The van der Waals surface area contributed by atoms with Crippen LogP contribution in [0.25, 0.3) is 6.08 Å². The molecule has 0 saturated carbocycles. The van der Waals surface area contributed by atoms with E-state index in [1.54, 1.807) is 55.5 Å². The first-order chi connectivity index (χ1) is 19.7. The van der Waals surface area contributed by atoms with Gasteiger partial charge in [-0.3, -0.25) is 29.4 Å². The number of methoxy groups -OCH3 is 1. The molecule has 4 rings (SSSR count). The predicted octanol–water partition coefficient (Wildman–Crippen LogP) is 5.91. The van der Waals surface area contributed by atoms with Gasteiger partial charge in [0.05, 0.1) is 34.1 Å². The molecule has 1 aliphatic heterocycles. The zero-order valence-electron chi connectivity index (χ0n) is 21.9. The second-order valence-corrected chi connectivity index (χ2v) is 9.88. The summed E-state index contributed by atoms with van der Waals surface area (Å²) < 4.78 is 16.6. The number of nitro benzene ring substituents is 1. The molecule has 0 bridgehead atoms. The standard InChI is InChI=1S/C28H24ClN3O8S/c1-3-39-24-12-17(8-10-23(24)40-16-18-6-4-5-7-21(18)32(36)37)13-25-27(34)31(28(35)41-25)15-26(33)30-19-9-11-22(38-2)20(29)14-19/h4-14H,3,15-16H2,1-2H3,(H,30,33)/b25-13+. The smallest absolute Gasteiger partial charge is 0.294 e. The van der Waals surface area contributed by atoms with Crippen LogP contribution in [0.5, 0.6) is 17.2 Å². The van der Waals surface area contributed by atoms with E-state index in [0.717, 1.165) is 4.90 Å². The second kappa shape index (κ2) is 13.2. The largest absolute Gasteiger partial charge is 0.495 e. The van der Waals surface area contributed by atoms with Crippen molar-refractivity contribution in [1.29, 1.82) is 0 Å². The molecule has 0 spiro atoms. The molecule has 3 aromatic carbocycles. The number of carbonyl (C=O) groups excluding carboxylic acids is 3. The first kappa shape index (κ1) is 29.4. The van der Waals surface area contributed by atoms with E-state index in [9.17, 15) is 24.5 Å². The first-order valence-electron chi connectivity index (χ1n) is 12.2. The Balaban J connectivity index is 1.45. The third kappa shape index (κ3) is 7.16. The summed E-state index contributed by atoms with van der Waals surface area (Å²) >= 11 is 6.80. The maximum absolute atomic E-state index is 13.0. The molecule has 0 atom stereocenters. The normalized spacial score (nSPS) is 13.8. The molecule has 13 heteroatoms. The molecular weight excluding hydrogens is 574 g/mol. The SMILES string of the molecule is CCOc1cc(/C=C2/SC(=O)N(CC(=O)Nc3ccc(OC)c(Cl)c3)C2=O)ccc1OCc1ccccc1[N+](=O)[O-]. The van der Waals surface area contributed by atoms with Crippen LogP contribution < -0.4 is 19.5 Å². The van der Waals surface area contributed by atoms with Crippen LogP contribution in [0.4, 0.5) is 16.2 Å². The molecule has 1 saturated heterocycles. The van der Waals surface area contributed by atoms with Crippen LogP contribution in [0, 0.1) is 10.1 Å². The Bertz CT molecular complexity index is 1540. The highest BCUT2D eigenvalue weighted by Gasteiger charge is 2.36. The summed E-state index contributed by atoms with van der Waals surface area (Å²) in [4.78, 5) is 49.8. The number of carbonyl (C=O) groups is 3. The monoisotopic (exact) mass is 597 g/mol. The Labute approximate surface area is 244 Å². The van der Waals surface area contributed by atoms with Crippen molar-refractivity contribution in [3.8, 4) is 17.2 Å². The number of ether oxygens (including phenoxy) is 3. The van der Waals surface area contributed by atoms with Crippen molar-refractivity contribution in [3.63, 3.8) is 0 Å². The molecule has 1 N–H and O–H groups in total. The third-order valence-electron chi connectivity index (χ3n) is 5.75. The molecule has 212 valence electrons. The molecule has 1 aliphatic rings. The highest BCUT2D eigenvalue weighted by molar-refractivity contribution is 8.18. The lowest BCUT2D eigenvalue weighted by Crippen LogP contribution is -2.36. The average Bonchev–Trinajstić information content (AvgIpc) is 3.20. The lowest BCUT2D eigenvalue weighted by atomic mass is 10.1. The van der Waals surface area contributed by atoms with Crippen LogP contribution in [0.2, 0.25) is 5.02 Å². The number of rotatable bonds is 11. The van der Waals surface area contributed by atoms with E-state index in [1.165, 1.54) is 25.3 Å². The maximum Gasteiger partial charge on any atom is 0.294 e. The Kier molecular flexibility index (Phi) is 9.48. The minimum atomic E-state index is -0.613. The number of benzene rings is 3. The van der Waals surface area contributed by atoms with Crippen molar-refractivity contribution in [2.24, 2.45) is 0 Å². The molecule has 3 amide bonds. The minimum Gasteiger partial charge on any atom is -0.495 e. The number of nitrogens with zero attached hydrogens (tertiary/aromatic N) is 2. The number of anilines is 1. The molecule has 1 heterocycles. The fourth-order valence-corrected chi connectivity index (χ4v) is 4.94. The van der Waals surface area contributed by atoms with Crippen molar-refractivity contribution in [1.82, 2.24) is 4.90 Å². The van der Waals surface area contributed by atoms with Gasteiger partial charge in [0.25, 0.3) is 16.8 Å². The second-order valence-electron chi connectivity index (χ2n) is 8.48. The van der Waals surface area contributed by atoms with Gasteiger partial charge in [-0.1, -0.05) is 29.8 Å². The highest BCUT2D eigenvalue weighted by Crippen LogP contribution is 2.35. The van der Waals surface area contributed by atoms with Crippen LogP contribution >= 0.6 is 23.4 Å². The summed E-state index contributed by atoms with van der Waals surface area (Å²) in [6.07, 6.45) is 1.51. The summed E-state index contributed by atoms with van der Waals surface area (Å²) in [5, 5.41) is 13.6. The van der Waals surface area contributed by atoms with Crippen molar-refractivity contribution in [2.45, 2.75) is 13.5 Å². The minimum absolute atomic E-state index is 0.0553. The van der Waals surface area contributed by atoms with Gasteiger partial charge in [-0.15, -0.1) is 0 Å². The number of amides is 3. The highest BCUT2D eigenvalue weighted by atomic mass is 35.5. The molecule has 0 unspecified atom stereocenters. The predicted molar refractivity (Wildman–Crippen MR) is 154 cm³/mol. The van der Waals surface area contributed by atoms with Gasteiger partial charge in [0.2, 0.25) is 5.91 Å². The quantitative estimate of drug-likeness (QED) is 0.162. The number of para-hydroxylation sites is 1. The lowest BCUT2D eigenvalue weighted by Gasteiger charge is -2.13. The van der Waals surface area contributed by atoms with Gasteiger partial charge in [0, 0.05) is 11.8 Å². The van der Waals surface area contributed by atoms with E-state index in [2.05, 4.69) is 5.32 Å². The molecule has 3 aromatic rings. The number of thioether (sulfide) groups is 1. The maximum atomic E-state index is 13.0. The van der Waals surface area contributed by atoms with Gasteiger partial charge >= 0.3 is 0 Å². The number of halogens is 1. The average molecular weight is 598 g/mol. The molecule has 0 aromatic heterocycles. The fourth-order valence-electron chi connectivity index (χ4n) is 3.84. The Hall–Kier alpha value is -4.55. The van der Waals surface area contributed by atoms with Crippen LogP contribution in [0.3, 0.4) is 0 Å². The van der Waals surface area contributed by atoms with Crippen LogP contribution in [-0.4, -0.2) is 47.1 Å². The molecule has 11 nitrogen and oxygen atoms in total. The first-order valence-corrected chi connectivity index (χ1v) is 13.4. The summed E-state index contributed by atoms with van der Waals surface area (Å²) in [6.45, 7) is 1.57. The van der Waals surface area contributed by atoms with Gasteiger partial charge in [-0.05, 0) is 66.7 Å². The number of imide groups is 1. The van der Waals surface area contributed by atoms with Crippen LogP contribution in [-0.2, 0) is 16.2 Å². The van der Waals surface area contributed by atoms with Crippen molar-refractivity contribution in [2.75, 3.05) is 25.6 Å². The zero-order chi connectivity index (χ0) is 29.5. The van der Waals surface area contributed by atoms with Gasteiger partial charge in [-0.25, -0.2) is 0 Å². The van der Waals surface area contributed by atoms with Crippen molar-refractivity contribution < 1.29 is 33.5 Å². The summed E-state index contributed by atoms with van der Waals surface area (Å²) in [6, 6.07) is 15.8. The van der Waals surface area contributed by atoms with E-state index in [1.807, 2.05) is 0 Å². The van der Waals surface area contributed by atoms with E-state index >= 15 is 0 Å². The molecule has 0 radical (unpaired) electrons. The zero-order valence-corrected chi connectivity index (χ0v) is 23.5. The number of nitrogens with one attached hydrogen (secondary N) is 1. The number of hydrogen-bond acceptors (Lipinski definition) is 9. The van der Waals surface area contributed by atoms with E-state index in [-0.39, 0.29) is 17.2 Å². The molecule has 41 heavy (non-hydrogen) atoms. The Morgan fingerprint density at radius 1 is 1.07 bits per heavy atom. The molecule has 0 aliphatic carbocycles. The van der Waals surface area contributed by atoms with Gasteiger partial charge in [0.15, 0.2) is 11.5 Å². The van der Waals surface area contributed by atoms with Crippen molar-refractivity contribution >= 4 is 57.9 Å². The third-order valence-corrected chi connectivity index (χ3v) is 6.95. The van der Waals surface area contributed by atoms with E-state index < -0.39 is 28.5 Å². The lowest BCUT2D eigenvalue weighted by molar-refractivity contribution is -0.385. The van der Waals surface area contributed by atoms with Crippen LogP contribution in [0.1, 0.15) is 18.1 Å². The van der Waals surface area contributed by atoms with Crippen molar-refractivity contribution in [3.05, 3.63) is 91.8 Å². The Morgan fingerprint density at radius 2 is 1.83 bits per heavy atom. The summed E-state index contributed by atoms with van der Waals surface area (Å²) in [7, 11) is 1.47. The van der Waals surface area contributed by atoms with Gasteiger partial charge in [0.1, 0.15) is 18.9 Å². The van der Waals surface area contributed by atoms with Gasteiger partial charge < -0.3 is 19.5 Å². The molecule has 1 fully saturated rings. The van der Waals surface area contributed by atoms with E-state index in [4.69, 9.17) is 25.8 Å². The number of hydrogen-bond donors (Lipinski definition) is 1. The topological polar surface area (TPSA) is 137 Å². The summed E-state index contributed by atoms with van der Waals surface area (Å²) in [5.41, 5.74) is 1.28. The molecular formula is C28H24ClN3O8S. The number of nitro groups is 1. The van der Waals surface area contributed by atoms with Gasteiger partial charge in [-0.2, -0.15) is 0 Å².